The lowest BCUT2D eigenvalue weighted by atomic mass is 9.85. The maximum Gasteiger partial charge on any atom is 0.326 e. The van der Waals surface area contributed by atoms with Gasteiger partial charge in [0, 0.05) is 13.1 Å². The molecule has 1 heterocycles. The van der Waals surface area contributed by atoms with Gasteiger partial charge in [-0.05, 0) is 38.0 Å². The topological polar surface area (TPSA) is 171 Å². The maximum absolute atomic E-state index is 12.8. The molecule has 170 valence electrons. The van der Waals surface area contributed by atoms with Gasteiger partial charge in [-0.15, -0.1) is 0 Å². The molecule has 0 radical (unpaired) electrons. The van der Waals surface area contributed by atoms with E-state index in [1.165, 1.54) is 11.3 Å². The third kappa shape index (κ3) is 7.16. The molecule has 1 saturated carbocycles. The van der Waals surface area contributed by atoms with Gasteiger partial charge in [0.2, 0.25) is 5.91 Å². The molecule has 0 aromatic rings. The van der Waals surface area contributed by atoms with E-state index in [-0.39, 0.29) is 18.9 Å². The number of nitrogens with one attached hydrogen (secondary N) is 1. The lowest BCUT2D eigenvalue weighted by molar-refractivity contribution is -0.147. The Hall–Kier alpha value is -2.36. The number of carbonyl (C=O) groups excluding carboxylic acids is 2. The highest BCUT2D eigenvalue weighted by Gasteiger charge is 2.38. The van der Waals surface area contributed by atoms with Gasteiger partial charge in [-0.3, -0.25) is 14.6 Å². The van der Waals surface area contributed by atoms with Crippen molar-refractivity contribution in [3.63, 3.8) is 0 Å². The highest BCUT2D eigenvalue weighted by molar-refractivity contribution is 5.92. The van der Waals surface area contributed by atoms with E-state index in [1.54, 1.807) is 0 Å². The summed E-state index contributed by atoms with van der Waals surface area (Å²) in [7, 11) is 0. The number of carboxylic acids is 1. The summed E-state index contributed by atoms with van der Waals surface area (Å²) in [6, 6.07) is -1.84. The van der Waals surface area contributed by atoms with Crippen LogP contribution in [-0.2, 0) is 14.4 Å². The zero-order valence-electron chi connectivity index (χ0n) is 17.5. The summed E-state index contributed by atoms with van der Waals surface area (Å²) in [5.74, 6) is -1.81. The highest BCUT2D eigenvalue weighted by atomic mass is 16.4. The number of likely N-dealkylation sites (tertiary alicyclic amines) is 1. The normalized spacial score (nSPS) is 21.6. The van der Waals surface area contributed by atoms with Gasteiger partial charge in [-0.25, -0.2) is 4.79 Å². The van der Waals surface area contributed by atoms with Crippen LogP contribution in [0.2, 0.25) is 0 Å². The summed E-state index contributed by atoms with van der Waals surface area (Å²) in [6.07, 6.45) is 6.46. The van der Waals surface area contributed by atoms with Crippen molar-refractivity contribution in [3.8, 4) is 0 Å². The van der Waals surface area contributed by atoms with Gasteiger partial charge in [0.15, 0.2) is 5.96 Å². The van der Waals surface area contributed by atoms with Crippen LogP contribution >= 0.6 is 0 Å². The van der Waals surface area contributed by atoms with E-state index >= 15 is 0 Å². The summed E-state index contributed by atoms with van der Waals surface area (Å²) >= 11 is 0. The largest absolute Gasteiger partial charge is 0.480 e. The van der Waals surface area contributed by atoms with Crippen molar-refractivity contribution in [3.05, 3.63) is 0 Å². The summed E-state index contributed by atoms with van der Waals surface area (Å²) in [5, 5.41) is 22.4. The first kappa shape index (κ1) is 23.9. The fourth-order valence-electron chi connectivity index (χ4n) is 4.36. The van der Waals surface area contributed by atoms with Gasteiger partial charge in [0.25, 0.3) is 5.91 Å². The molecule has 2 amide bonds. The number of aliphatic carboxylic acids is 1. The summed E-state index contributed by atoms with van der Waals surface area (Å²) < 4.78 is 0. The standard InChI is InChI=1S/C20H35N5O5/c21-20(22)23-10-4-8-14(19(29)30)24-17(27)15-9-5-11-25(15)18(28)16(26)12-13-6-2-1-3-7-13/h13-16,26H,1-12H2,(H,24,27)(H,29,30)(H4,21,22,23)/t14-,15-,16?/m0/s1. The number of hydrogen-bond donors (Lipinski definition) is 5. The lowest BCUT2D eigenvalue weighted by Crippen LogP contribution is -2.52. The van der Waals surface area contributed by atoms with Crippen molar-refractivity contribution < 1.29 is 24.6 Å². The zero-order valence-corrected chi connectivity index (χ0v) is 17.5. The number of rotatable bonds is 10. The minimum atomic E-state index is -1.15. The van der Waals surface area contributed by atoms with Gasteiger partial charge in [0.05, 0.1) is 0 Å². The molecule has 30 heavy (non-hydrogen) atoms. The average Bonchev–Trinajstić information content (AvgIpc) is 3.19. The summed E-state index contributed by atoms with van der Waals surface area (Å²) in [4.78, 5) is 42.2. The first-order valence-electron chi connectivity index (χ1n) is 10.9. The molecule has 3 atom stereocenters. The Kier molecular flexibility index (Phi) is 9.35. The molecule has 2 rings (SSSR count). The Bertz CT molecular complexity index is 631. The van der Waals surface area contributed by atoms with Gasteiger partial charge in [0.1, 0.15) is 18.2 Å². The summed E-state index contributed by atoms with van der Waals surface area (Å²) in [5.41, 5.74) is 10.5. The van der Waals surface area contributed by atoms with Crippen LogP contribution in [0.25, 0.3) is 0 Å². The van der Waals surface area contributed by atoms with E-state index in [4.69, 9.17) is 11.5 Å². The molecule has 1 aliphatic carbocycles. The molecule has 10 heteroatoms. The fourth-order valence-corrected chi connectivity index (χ4v) is 4.36. The first-order valence-corrected chi connectivity index (χ1v) is 10.9. The van der Waals surface area contributed by atoms with Crippen LogP contribution in [0, 0.1) is 5.92 Å². The molecule has 0 spiro atoms. The molecule has 0 aromatic carbocycles. The summed E-state index contributed by atoms with van der Waals surface area (Å²) in [6.45, 7) is 0.657. The van der Waals surface area contributed by atoms with Crippen LogP contribution in [0.1, 0.15) is 64.2 Å². The van der Waals surface area contributed by atoms with Crippen LogP contribution < -0.4 is 16.8 Å². The third-order valence-electron chi connectivity index (χ3n) is 5.96. The lowest BCUT2D eigenvalue weighted by Gasteiger charge is -2.29. The van der Waals surface area contributed by atoms with Gasteiger partial charge < -0.3 is 31.9 Å². The third-order valence-corrected chi connectivity index (χ3v) is 5.96. The molecule has 2 aliphatic rings. The number of nitrogens with zero attached hydrogens (tertiary/aromatic N) is 2. The fraction of sp³-hybridized carbons (Fsp3) is 0.800. The van der Waals surface area contributed by atoms with Crippen LogP contribution in [0.5, 0.6) is 0 Å². The van der Waals surface area contributed by atoms with E-state index < -0.39 is 36.0 Å². The molecule has 10 nitrogen and oxygen atoms in total. The molecule has 2 fully saturated rings. The van der Waals surface area contributed by atoms with Gasteiger partial charge in [-0.2, -0.15) is 0 Å². The van der Waals surface area contributed by atoms with Crippen molar-refractivity contribution in [2.24, 2.45) is 22.4 Å². The number of nitrogens with two attached hydrogens (primary N) is 2. The Balaban J connectivity index is 1.90. The van der Waals surface area contributed by atoms with E-state index in [0.29, 0.717) is 38.1 Å². The van der Waals surface area contributed by atoms with Crippen molar-refractivity contribution in [2.45, 2.75) is 82.4 Å². The molecular formula is C20H35N5O5. The van der Waals surface area contributed by atoms with Crippen LogP contribution in [0.3, 0.4) is 0 Å². The smallest absolute Gasteiger partial charge is 0.326 e. The minimum absolute atomic E-state index is 0.0715. The van der Waals surface area contributed by atoms with E-state index in [0.717, 1.165) is 25.7 Å². The zero-order chi connectivity index (χ0) is 22.1. The highest BCUT2D eigenvalue weighted by Crippen LogP contribution is 2.28. The molecule has 1 saturated heterocycles. The quantitative estimate of drug-likeness (QED) is 0.185. The molecule has 0 bridgehead atoms. The predicted octanol–water partition coefficient (Wildman–Crippen LogP) is -0.0683. The van der Waals surface area contributed by atoms with Crippen LogP contribution in [0.15, 0.2) is 4.99 Å². The molecule has 1 unspecified atom stereocenters. The minimum Gasteiger partial charge on any atom is -0.480 e. The Morgan fingerprint density at radius 3 is 2.43 bits per heavy atom. The second-order valence-electron chi connectivity index (χ2n) is 8.29. The van der Waals surface area contributed by atoms with Crippen molar-refractivity contribution in [2.75, 3.05) is 13.1 Å². The second-order valence-corrected chi connectivity index (χ2v) is 8.29. The Labute approximate surface area is 177 Å². The van der Waals surface area contributed by atoms with E-state index in [9.17, 15) is 24.6 Å². The van der Waals surface area contributed by atoms with E-state index in [2.05, 4.69) is 10.3 Å². The number of aliphatic hydroxyl groups is 1. The number of carboxylic acid groups (broad SMARTS) is 1. The number of guanidine groups is 1. The number of amides is 2. The average molecular weight is 426 g/mol. The second kappa shape index (κ2) is 11.7. The van der Waals surface area contributed by atoms with Gasteiger partial charge >= 0.3 is 5.97 Å². The maximum atomic E-state index is 12.8. The SMILES string of the molecule is NC(N)=NCCC[C@H](NC(=O)[C@@H]1CCCN1C(=O)C(O)CC1CCCCC1)C(=O)O. The van der Waals surface area contributed by atoms with Crippen molar-refractivity contribution in [1.82, 2.24) is 10.2 Å². The van der Waals surface area contributed by atoms with Crippen molar-refractivity contribution in [1.29, 1.82) is 0 Å². The van der Waals surface area contributed by atoms with Crippen LogP contribution in [-0.4, -0.2) is 70.1 Å². The number of aliphatic imine (C=N–C) groups is 1. The molecular weight excluding hydrogens is 390 g/mol. The molecule has 0 aromatic heterocycles. The number of carbonyl (C=O) groups is 3. The Morgan fingerprint density at radius 1 is 1.10 bits per heavy atom. The molecule has 1 aliphatic heterocycles. The monoisotopic (exact) mass is 425 g/mol. The Morgan fingerprint density at radius 2 is 1.80 bits per heavy atom. The van der Waals surface area contributed by atoms with Crippen LogP contribution in [0.4, 0.5) is 0 Å². The van der Waals surface area contributed by atoms with Crippen molar-refractivity contribution >= 4 is 23.7 Å². The van der Waals surface area contributed by atoms with E-state index in [1.807, 2.05) is 0 Å². The first-order chi connectivity index (χ1) is 14.3. The number of hydrogen-bond acceptors (Lipinski definition) is 5. The molecule has 7 N–H and O–H groups in total. The predicted molar refractivity (Wildman–Crippen MR) is 111 cm³/mol. The number of aliphatic hydroxyl groups excluding tert-OH is 1. The van der Waals surface area contributed by atoms with Gasteiger partial charge in [-0.1, -0.05) is 32.1 Å².